The molecule has 2 rings (SSSR count). The number of carbonyl (C=O) groups excluding carboxylic acids is 1. The topological polar surface area (TPSA) is 41.6 Å². The molecule has 1 aliphatic rings. The van der Waals surface area contributed by atoms with E-state index in [9.17, 15) is 4.79 Å². The van der Waals surface area contributed by atoms with Gasteiger partial charge in [-0.15, -0.1) is 0 Å². The Balaban J connectivity index is 1.80. The molecule has 1 fully saturated rings. The Morgan fingerprint density at radius 2 is 2.17 bits per heavy atom. The number of hydrogen-bond donors (Lipinski definition) is 1. The van der Waals surface area contributed by atoms with Gasteiger partial charge in [-0.3, -0.25) is 0 Å². The molecule has 1 atom stereocenters. The molecule has 1 N–H and O–H groups in total. The molecule has 0 radical (unpaired) electrons. The summed E-state index contributed by atoms with van der Waals surface area (Å²) >= 11 is 0. The summed E-state index contributed by atoms with van der Waals surface area (Å²) in [4.78, 5) is 13.7. The molecular weight excluding hydrogens is 228 g/mol. The highest BCUT2D eigenvalue weighted by Gasteiger charge is 2.18. The smallest absolute Gasteiger partial charge is 0.410 e. The molecule has 0 unspecified atom stereocenters. The fraction of sp³-hybridized carbons (Fsp3) is 0.500. The van der Waals surface area contributed by atoms with Crippen LogP contribution < -0.4 is 5.32 Å². The Morgan fingerprint density at radius 3 is 2.94 bits per heavy atom. The van der Waals surface area contributed by atoms with Gasteiger partial charge in [-0.1, -0.05) is 30.3 Å². The predicted molar refractivity (Wildman–Crippen MR) is 70.3 cm³/mol. The average Bonchev–Trinajstić information content (AvgIpc) is 2.62. The summed E-state index contributed by atoms with van der Waals surface area (Å²) in [7, 11) is 0. The number of benzene rings is 1. The molecule has 1 aromatic carbocycles. The van der Waals surface area contributed by atoms with Crippen LogP contribution in [0.5, 0.6) is 0 Å². The van der Waals surface area contributed by atoms with Crippen LogP contribution in [-0.2, 0) is 11.3 Å². The third kappa shape index (κ3) is 3.74. The Morgan fingerprint density at radius 1 is 1.39 bits per heavy atom. The van der Waals surface area contributed by atoms with Crippen LogP contribution in [0.2, 0.25) is 0 Å². The molecule has 0 aromatic heterocycles. The van der Waals surface area contributed by atoms with Crippen molar-refractivity contribution >= 4 is 6.09 Å². The van der Waals surface area contributed by atoms with Gasteiger partial charge in [0.1, 0.15) is 6.61 Å². The quantitative estimate of drug-likeness (QED) is 0.870. The van der Waals surface area contributed by atoms with Gasteiger partial charge < -0.3 is 15.0 Å². The van der Waals surface area contributed by atoms with Crippen LogP contribution in [-0.4, -0.2) is 36.7 Å². The van der Waals surface area contributed by atoms with Crippen molar-refractivity contribution in [3.63, 3.8) is 0 Å². The van der Waals surface area contributed by atoms with Gasteiger partial charge in [-0.2, -0.15) is 0 Å². The number of amides is 1. The minimum Gasteiger partial charge on any atom is -0.445 e. The summed E-state index contributed by atoms with van der Waals surface area (Å²) in [5.74, 6) is 0. The van der Waals surface area contributed by atoms with Crippen molar-refractivity contribution in [2.45, 2.75) is 26.0 Å². The summed E-state index contributed by atoms with van der Waals surface area (Å²) in [6.07, 6.45) is 0.759. The molecule has 1 aromatic rings. The first kappa shape index (κ1) is 12.9. The maximum atomic E-state index is 11.9. The summed E-state index contributed by atoms with van der Waals surface area (Å²) in [6.45, 7) is 4.80. The normalized spacial score (nSPS) is 20.3. The zero-order chi connectivity index (χ0) is 12.8. The van der Waals surface area contributed by atoms with Gasteiger partial charge in [-0.25, -0.2) is 4.79 Å². The van der Waals surface area contributed by atoms with Crippen LogP contribution in [0.25, 0.3) is 0 Å². The van der Waals surface area contributed by atoms with E-state index in [2.05, 4.69) is 12.2 Å². The molecule has 1 aliphatic heterocycles. The van der Waals surface area contributed by atoms with E-state index in [-0.39, 0.29) is 6.09 Å². The lowest BCUT2D eigenvalue weighted by molar-refractivity contribution is 0.0983. The lowest BCUT2D eigenvalue weighted by Crippen LogP contribution is -2.34. The molecule has 4 heteroatoms. The fourth-order valence-corrected chi connectivity index (χ4v) is 2.00. The molecule has 0 saturated carbocycles. The van der Waals surface area contributed by atoms with Crippen molar-refractivity contribution in [1.29, 1.82) is 0 Å². The third-order valence-electron chi connectivity index (χ3n) is 3.17. The summed E-state index contributed by atoms with van der Waals surface area (Å²) in [5, 5.41) is 3.35. The van der Waals surface area contributed by atoms with Gasteiger partial charge in [0, 0.05) is 25.7 Å². The van der Waals surface area contributed by atoms with Crippen molar-refractivity contribution in [1.82, 2.24) is 10.2 Å². The van der Waals surface area contributed by atoms with Gasteiger partial charge in [-0.05, 0) is 18.9 Å². The van der Waals surface area contributed by atoms with E-state index in [1.807, 2.05) is 30.3 Å². The summed E-state index contributed by atoms with van der Waals surface area (Å²) in [5.41, 5.74) is 1.02. The van der Waals surface area contributed by atoms with E-state index in [1.165, 1.54) is 0 Å². The van der Waals surface area contributed by atoms with E-state index in [1.54, 1.807) is 4.90 Å². The highest BCUT2D eigenvalue weighted by atomic mass is 16.6. The molecule has 0 spiro atoms. The highest BCUT2D eigenvalue weighted by molar-refractivity contribution is 5.67. The van der Waals surface area contributed by atoms with Crippen molar-refractivity contribution in [2.75, 3.05) is 19.6 Å². The van der Waals surface area contributed by atoms with Crippen LogP contribution in [0.1, 0.15) is 18.9 Å². The molecular formula is C14H20N2O2. The van der Waals surface area contributed by atoms with E-state index < -0.39 is 0 Å². The lowest BCUT2D eigenvalue weighted by atomic mass is 10.2. The second kappa shape index (κ2) is 6.40. The molecule has 1 saturated heterocycles. The SMILES string of the molecule is C[C@H]1CCN(C(=O)OCc2ccccc2)CCN1. The van der Waals surface area contributed by atoms with E-state index in [0.717, 1.165) is 31.6 Å². The second-order valence-electron chi connectivity index (χ2n) is 4.67. The molecule has 0 bridgehead atoms. The number of hydrogen-bond acceptors (Lipinski definition) is 3. The number of ether oxygens (including phenoxy) is 1. The standard InChI is InChI=1S/C14H20N2O2/c1-12-7-9-16(10-8-15-12)14(17)18-11-13-5-3-2-4-6-13/h2-6,12,15H,7-11H2,1H3/t12-/m0/s1. The molecule has 1 heterocycles. The van der Waals surface area contributed by atoms with Crippen molar-refractivity contribution < 1.29 is 9.53 Å². The second-order valence-corrected chi connectivity index (χ2v) is 4.67. The monoisotopic (exact) mass is 248 g/mol. The van der Waals surface area contributed by atoms with Crippen LogP contribution in [0.15, 0.2) is 30.3 Å². The third-order valence-corrected chi connectivity index (χ3v) is 3.17. The minimum absolute atomic E-state index is 0.213. The molecule has 18 heavy (non-hydrogen) atoms. The molecule has 4 nitrogen and oxygen atoms in total. The fourth-order valence-electron chi connectivity index (χ4n) is 2.00. The molecule has 0 aliphatic carbocycles. The first-order chi connectivity index (χ1) is 8.75. The van der Waals surface area contributed by atoms with Gasteiger partial charge >= 0.3 is 6.09 Å². The minimum atomic E-state index is -0.213. The molecule has 1 amide bonds. The van der Waals surface area contributed by atoms with Crippen LogP contribution in [0.4, 0.5) is 4.79 Å². The number of carbonyl (C=O) groups is 1. The maximum Gasteiger partial charge on any atom is 0.410 e. The van der Waals surface area contributed by atoms with Crippen LogP contribution >= 0.6 is 0 Å². The van der Waals surface area contributed by atoms with Crippen molar-refractivity contribution in [3.8, 4) is 0 Å². The summed E-state index contributed by atoms with van der Waals surface area (Å²) in [6, 6.07) is 10.2. The predicted octanol–water partition coefficient (Wildman–Crippen LogP) is 2.01. The zero-order valence-electron chi connectivity index (χ0n) is 10.8. The zero-order valence-corrected chi connectivity index (χ0v) is 10.8. The highest BCUT2D eigenvalue weighted by Crippen LogP contribution is 2.06. The van der Waals surface area contributed by atoms with E-state index in [0.29, 0.717) is 12.6 Å². The van der Waals surface area contributed by atoms with Crippen molar-refractivity contribution in [2.24, 2.45) is 0 Å². The maximum absolute atomic E-state index is 11.9. The lowest BCUT2D eigenvalue weighted by Gasteiger charge is -2.19. The summed E-state index contributed by atoms with van der Waals surface area (Å²) < 4.78 is 5.32. The van der Waals surface area contributed by atoms with Crippen LogP contribution in [0, 0.1) is 0 Å². The molecule has 98 valence electrons. The largest absolute Gasteiger partial charge is 0.445 e. The van der Waals surface area contributed by atoms with Gasteiger partial charge in [0.15, 0.2) is 0 Å². The Bertz CT molecular complexity index is 381. The van der Waals surface area contributed by atoms with Crippen molar-refractivity contribution in [3.05, 3.63) is 35.9 Å². The Kier molecular flexibility index (Phi) is 4.59. The first-order valence-electron chi connectivity index (χ1n) is 6.45. The van der Waals surface area contributed by atoms with Crippen LogP contribution in [0.3, 0.4) is 0 Å². The average molecular weight is 248 g/mol. The Labute approximate surface area is 108 Å². The number of rotatable bonds is 2. The Hall–Kier alpha value is -1.55. The van der Waals surface area contributed by atoms with E-state index >= 15 is 0 Å². The van der Waals surface area contributed by atoms with E-state index in [4.69, 9.17) is 4.74 Å². The van der Waals surface area contributed by atoms with Gasteiger partial charge in [0.25, 0.3) is 0 Å². The van der Waals surface area contributed by atoms with Gasteiger partial charge in [0.2, 0.25) is 0 Å². The number of nitrogens with zero attached hydrogens (tertiary/aromatic N) is 1. The first-order valence-corrected chi connectivity index (χ1v) is 6.45. The number of nitrogens with one attached hydrogen (secondary N) is 1. The van der Waals surface area contributed by atoms with Gasteiger partial charge in [0.05, 0.1) is 0 Å².